The molecular weight excluding hydrogens is 350 g/mol. The van der Waals surface area contributed by atoms with Crippen molar-refractivity contribution in [1.29, 1.82) is 0 Å². The molecule has 0 saturated heterocycles. The zero-order chi connectivity index (χ0) is 14.4. The van der Waals surface area contributed by atoms with Gasteiger partial charge in [-0.3, -0.25) is 0 Å². The van der Waals surface area contributed by atoms with Gasteiger partial charge in [-0.05, 0) is 49.1 Å². The first kappa shape index (κ1) is 13.0. The van der Waals surface area contributed by atoms with E-state index in [1.165, 1.54) is 16.9 Å². The normalized spacial score (nSPS) is 13.6. The van der Waals surface area contributed by atoms with Crippen molar-refractivity contribution in [3.05, 3.63) is 39.2 Å². The van der Waals surface area contributed by atoms with E-state index in [4.69, 9.17) is 10.3 Å². The maximum absolute atomic E-state index is 6.14. The largest absolute Gasteiger partial charge is 0.390 e. The van der Waals surface area contributed by atoms with Crippen LogP contribution in [-0.2, 0) is 12.8 Å². The highest BCUT2D eigenvalue weighted by molar-refractivity contribution is 9.10. The average Bonchev–Trinajstić information content (AvgIpc) is 3.15. The lowest BCUT2D eigenvalue weighted by Crippen LogP contribution is -1.88. The van der Waals surface area contributed by atoms with E-state index in [-0.39, 0.29) is 0 Å². The molecule has 0 spiro atoms. The highest BCUT2D eigenvalue weighted by Crippen LogP contribution is 2.43. The van der Waals surface area contributed by atoms with Gasteiger partial charge in [-0.25, -0.2) is 0 Å². The summed E-state index contributed by atoms with van der Waals surface area (Å²) in [6.07, 6.45) is 3.34. The number of fused-ring (bicyclic) bond motifs is 1. The van der Waals surface area contributed by atoms with Crippen molar-refractivity contribution < 1.29 is 4.52 Å². The van der Waals surface area contributed by atoms with E-state index < -0.39 is 0 Å². The van der Waals surface area contributed by atoms with Crippen LogP contribution in [0.4, 0.5) is 5.00 Å². The van der Waals surface area contributed by atoms with Gasteiger partial charge in [0, 0.05) is 14.9 Å². The van der Waals surface area contributed by atoms with Crippen molar-refractivity contribution in [1.82, 2.24) is 10.1 Å². The predicted molar refractivity (Wildman–Crippen MR) is 87.2 cm³/mol. The van der Waals surface area contributed by atoms with E-state index in [0.29, 0.717) is 11.7 Å². The van der Waals surface area contributed by atoms with E-state index in [1.54, 1.807) is 11.3 Å². The van der Waals surface area contributed by atoms with E-state index in [1.807, 2.05) is 24.3 Å². The Morgan fingerprint density at radius 3 is 2.81 bits per heavy atom. The van der Waals surface area contributed by atoms with E-state index in [0.717, 1.165) is 33.4 Å². The SMILES string of the molecule is Nc1sc2c(c1-c1nc(-c3ccc(Br)cc3)no1)CCC2. The first-order chi connectivity index (χ1) is 10.2. The van der Waals surface area contributed by atoms with Gasteiger partial charge in [0.1, 0.15) is 0 Å². The van der Waals surface area contributed by atoms with Crippen LogP contribution < -0.4 is 5.73 Å². The molecule has 0 unspecified atom stereocenters. The predicted octanol–water partition coefficient (Wildman–Crippen LogP) is 4.30. The Hall–Kier alpha value is -1.66. The van der Waals surface area contributed by atoms with Gasteiger partial charge in [-0.15, -0.1) is 11.3 Å². The number of halogens is 1. The molecule has 2 heterocycles. The van der Waals surface area contributed by atoms with Gasteiger partial charge in [-0.1, -0.05) is 21.1 Å². The molecule has 0 bridgehead atoms. The highest BCUT2D eigenvalue weighted by Gasteiger charge is 2.25. The van der Waals surface area contributed by atoms with E-state index in [2.05, 4.69) is 26.1 Å². The standard InChI is InChI=1S/C15H12BrN3OS/c16-9-6-4-8(5-7-9)14-18-15(20-19-14)12-10-2-1-3-11(10)21-13(12)17/h4-7H,1-3,17H2. The van der Waals surface area contributed by atoms with Crippen LogP contribution in [0, 0.1) is 0 Å². The molecule has 2 N–H and O–H groups in total. The second kappa shape index (κ2) is 4.96. The fraction of sp³-hybridized carbons (Fsp3) is 0.200. The summed E-state index contributed by atoms with van der Waals surface area (Å²) in [4.78, 5) is 5.89. The second-order valence-corrected chi connectivity index (χ2v) is 7.08. The van der Waals surface area contributed by atoms with Gasteiger partial charge in [0.2, 0.25) is 5.82 Å². The number of hydrogen-bond acceptors (Lipinski definition) is 5. The number of aryl methyl sites for hydroxylation is 1. The molecule has 3 aromatic rings. The van der Waals surface area contributed by atoms with Crippen molar-refractivity contribution in [2.45, 2.75) is 19.3 Å². The van der Waals surface area contributed by atoms with Crippen molar-refractivity contribution in [2.24, 2.45) is 0 Å². The Kier molecular flexibility index (Phi) is 3.08. The molecule has 106 valence electrons. The number of nitrogen functional groups attached to an aromatic ring is 1. The Morgan fingerprint density at radius 1 is 1.19 bits per heavy atom. The zero-order valence-electron chi connectivity index (χ0n) is 11.1. The third kappa shape index (κ3) is 2.18. The van der Waals surface area contributed by atoms with Gasteiger partial charge < -0.3 is 10.3 Å². The van der Waals surface area contributed by atoms with Crippen LogP contribution in [0.5, 0.6) is 0 Å². The van der Waals surface area contributed by atoms with Crippen LogP contribution >= 0.6 is 27.3 Å². The molecule has 0 radical (unpaired) electrons. The molecule has 4 nitrogen and oxygen atoms in total. The third-order valence-corrected chi connectivity index (χ3v) is 5.34. The van der Waals surface area contributed by atoms with Crippen LogP contribution in [0.2, 0.25) is 0 Å². The number of thiophene rings is 1. The molecule has 2 aromatic heterocycles. The van der Waals surface area contributed by atoms with Gasteiger partial charge in [0.05, 0.1) is 10.6 Å². The Bertz CT molecular complexity index is 807. The summed E-state index contributed by atoms with van der Waals surface area (Å²) >= 11 is 5.07. The van der Waals surface area contributed by atoms with Crippen LogP contribution in [0.15, 0.2) is 33.3 Å². The van der Waals surface area contributed by atoms with Gasteiger partial charge in [0.25, 0.3) is 5.89 Å². The first-order valence-corrected chi connectivity index (χ1v) is 8.33. The lowest BCUT2D eigenvalue weighted by Gasteiger charge is -1.96. The topological polar surface area (TPSA) is 64.9 Å². The summed E-state index contributed by atoms with van der Waals surface area (Å²) in [7, 11) is 0. The molecule has 4 rings (SSSR count). The molecule has 6 heteroatoms. The van der Waals surface area contributed by atoms with E-state index in [9.17, 15) is 0 Å². The monoisotopic (exact) mass is 361 g/mol. The maximum Gasteiger partial charge on any atom is 0.261 e. The quantitative estimate of drug-likeness (QED) is 0.738. The summed E-state index contributed by atoms with van der Waals surface area (Å²) in [5.41, 5.74) is 9.31. The molecule has 0 fully saturated rings. The minimum atomic E-state index is 0.532. The highest BCUT2D eigenvalue weighted by atomic mass is 79.9. The molecule has 0 atom stereocenters. The molecule has 1 aromatic carbocycles. The minimum absolute atomic E-state index is 0.532. The Labute approximate surface area is 134 Å². The van der Waals surface area contributed by atoms with Crippen LogP contribution in [0.3, 0.4) is 0 Å². The van der Waals surface area contributed by atoms with Crippen LogP contribution in [-0.4, -0.2) is 10.1 Å². The number of aromatic nitrogens is 2. The zero-order valence-corrected chi connectivity index (χ0v) is 13.5. The number of nitrogens with zero attached hydrogens (tertiary/aromatic N) is 2. The third-order valence-electron chi connectivity index (χ3n) is 3.69. The lowest BCUT2D eigenvalue weighted by molar-refractivity contribution is 0.432. The van der Waals surface area contributed by atoms with Gasteiger partial charge in [0.15, 0.2) is 0 Å². The Morgan fingerprint density at radius 2 is 2.00 bits per heavy atom. The summed E-state index contributed by atoms with van der Waals surface area (Å²) in [6, 6.07) is 7.84. The fourth-order valence-electron chi connectivity index (χ4n) is 2.70. The molecule has 1 aliphatic rings. The number of rotatable bonds is 2. The minimum Gasteiger partial charge on any atom is -0.390 e. The molecular formula is C15H12BrN3OS. The number of anilines is 1. The molecule has 0 amide bonds. The molecule has 21 heavy (non-hydrogen) atoms. The number of hydrogen-bond donors (Lipinski definition) is 1. The van der Waals surface area contributed by atoms with Crippen molar-refractivity contribution in [2.75, 3.05) is 5.73 Å². The van der Waals surface area contributed by atoms with Crippen LogP contribution in [0.1, 0.15) is 16.9 Å². The Balaban J connectivity index is 1.77. The second-order valence-electron chi connectivity index (χ2n) is 5.03. The summed E-state index contributed by atoms with van der Waals surface area (Å²) < 4.78 is 6.48. The fourth-order valence-corrected chi connectivity index (χ4v) is 4.12. The first-order valence-electron chi connectivity index (χ1n) is 6.72. The van der Waals surface area contributed by atoms with Crippen molar-refractivity contribution in [3.63, 3.8) is 0 Å². The maximum atomic E-state index is 6.14. The van der Waals surface area contributed by atoms with Gasteiger partial charge >= 0.3 is 0 Å². The molecule has 1 aliphatic carbocycles. The van der Waals surface area contributed by atoms with Crippen LogP contribution in [0.25, 0.3) is 22.8 Å². The molecule has 0 saturated carbocycles. The summed E-state index contributed by atoms with van der Waals surface area (Å²) in [5, 5.41) is 4.87. The average molecular weight is 362 g/mol. The van der Waals surface area contributed by atoms with Gasteiger partial charge in [-0.2, -0.15) is 4.98 Å². The lowest BCUT2D eigenvalue weighted by atomic mass is 10.1. The smallest absolute Gasteiger partial charge is 0.261 e. The summed E-state index contributed by atoms with van der Waals surface area (Å²) in [5.74, 6) is 1.12. The number of nitrogens with two attached hydrogens (primary N) is 1. The van der Waals surface area contributed by atoms with E-state index >= 15 is 0 Å². The molecule has 0 aliphatic heterocycles. The van der Waals surface area contributed by atoms with Crippen molar-refractivity contribution >= 4 is 32.3 Å². The number of benzene rings is 1. The van der Waals surface area contributed by atoms with Crippen molar-refractivity contribution in [3.8, 4) is 22.8 Å². The summed E-state index contributed by atoms with van der Waals surface area (Å²) in [6.45, 7) is 0.